The largest absolute Gasteiger partial charge is 0.316 e. The lowest BCUT2D eigenvalue weighted by molar-refractivity contribution is 0.250. The van der Waals surface area contributed by atoms with Gasteiger partial charge in [0, 0.05) is 11.4 Å². The minimum atomic E-state index is 0.459. The van der Waals surface area contributed by atoms with E-state index in [9.17, 15) is 0 Å². The molecule has 1 N–H and O–H groups in total. The van der Waals surface area contributed by atoms with E-state index in [1.54, 1.807) is 0 Å². The van der Waals surface area contributed by atoms with E-state index in [1.165, 1.54) is 24.1 Å². The Balaban J connectivity index is 2.63. The van der Waals surface area contributed by atoms with Gasteiger partial charge in [0.25, 0.3) is 0 Å². The van der Waals surface area contributed by atoms with Gasteiger partial charge in [0.05, 0.1) is 0 Å². The van der Waals surface area contributed by atoms with Gasteiger partial charge < -0.3 is 5.32 Å². The fourth-order valence-corrected chi connectivity index (χ4v) is 2.86. The average molecular weight is 225 g/mol. The minimum Gasteiger partial charge on any atom is -0.316 e. The lowest BCUT2D eigenvalue weighted by Gasteiger charge is -2.31. The zero-order valence-electron chi connectivity index (χ0n) is 10.2. The van der Waals surface area contributed by atoms with Crippen molar-refractivity contribution in [1.29, 1.82) is 0 Å². The van der Waals surface area contributed by atoms with E-state index in [0.29, 0.717) is 5.41 Å². The molecular formula is C13H23NS. The van der Waals surface area contributed by atoms with Crippen molar-refractivity contribution in [1.82, 2.24) is 5.32 Å². The molecule has 0 saturated heterocycles. The SMILES string of the molecule is CCNCC(CC)(CC)Cc1cccs1. The highest BCUT2D eigenvalue weighted by Gasteiger charge is 2.26. The second-order valence-electron chi connectivity index (χ2n) is 4.24. The summed E-state index contributed by atoms with van der Waals surface area (Å²) in [4.78, 5) is 1.52. The second-order valence-corrected chi connectivity index (χ2v) is 5.28. The van der Waals surface area contributed by atoms with Crippen molar-refractivity contribution in [3.8, 4) is 0 Å². The highest BCUT2D eigenvalue weighted by molar-refractivity contribution is 7.09. The van der Waals surface area contributed by atoms with Crippen LogP contribution in [0.5, 0.6) is 0 Å². The third kappa shape index (κ3) is 3.62. The van der Waals surface area contributed by atoms with Gasteiger partial charge in [-0.2, -0.15) is 0 Å². The van der Waals surface area contributed by atoms with Crippen LogP contribution in [-0.2, 0) is 6.42 Å². The molecule has 0 bridgehead atoms. The standard InChI is InChI=1S/C13H23NS/c1-4-13(5-2,11-14-6-3)10-12-8-7-9-15-12/h7-9,14H,4-6,10-11H2,1-3H3. The molecular weight excluding hydrogens is 202 g/mol. The van der Waals surface area contributed by atoms with Gasteiger partial charge in [-0.1, -0.05) is 26.8 Å². The molecule has 0 aliphatic carbocycles. The average Bonchev–Trinajstić information content (AvgIpc) is 2.77. The number of nitrogens with one attached hydrogen (secondary N) is 1. The Kier molecular flexibility index (Phi) is 5.34. The van der Waals surface area contributed by atoms with Gasteiger partial charge in [-0.15, -0.1) is 11.3 Å². The molecule has 0 radical (unpaired) electrons. The number of hydrogen-bond acceptors (Lipinski definition) is 2. The topological polar surface area (TPSA) is 12.0 Å². The maximum Gasteiger partial charge on any atom is 0.00512 e. The molecule has 0 aromatic carbocycles. The molecule has 1 aromatic heterocycles. The van der Waals surface area contributed by atoms with Gasteiger partial charge >= 0.3 is 0 Å². The molecule has 0 unspecified atom stereocenters. The van der Waals surface area contributed by atoms with E-state index in [4.69, 9.17) is 0 Å². The molecule has 1 nitrogen and oxygen atoms in total. The van der Waals surface area contributed by atoms with Gasteiger partial charge in [-0.3, -0.25) is 0 Å². The van der Waals surface area contributed by atoms with Crippen LogP contribution in [-0.4, -0.2) is 13.1 Å². The molecule has 1 heterocycles. The molecule has 2 heteroatoms. The summed E-state index contributed by atoms with van der Waals surface area (Å²) < 4.78 is 0. The lowest BCUT2D eigenvalue weighted by Crippen LogP contribution is -2.35. The summed E-state index contributed by atoms with van der Waals surface area (Å²) in [6.07, 6.45) is 3.74. The third-order valence-electron chi connectivity index (χ3n) is 3.38. The maximum atomic E-state index is 3.51. The van der Waals surface area contributed by atoms with Gasteiger partial charge in [0.1, 0.15) is 0 Å². The lowest BCUT2D eigenvalue weighted by atomic mass is 9.78. The van der Waals surface area contributed by atoms with Crippen LogP contribution in [0.2, 0.25) is 0 Å². The van der Waals surface area contributed by atoms with Crippen LogP contribution in [0, 0.1) is 5.41 Å². The smallest absolute Gasteiger partial charge is 0.00512 e. The summed E-state index contributed by atoms with van der Waals surface area (Å²) >= 11 is 1.89. The van der Waals surface area contributed by atoms with E-state index in [-0.39, 0.29) is 0 Å². The van der Waals surface area contributed by atoms with Gasteiger partial charge in [0.2, 0.25) is 0 Å². The normalized spacial score (nSPS) is 11.9. The Labute approximate surface area is 97.9 Å². The zero-order valence-corrected chi connectivity index (χ0v) is 11.0. The Hall–Kier alpha value is -0.340. The van der Waals surface area contributed by atoms with Crippen molar-refractivity contribution in [2.24, 2.45) is 5.41 Å². The predicted octanol–water partition coefficient (Wildman–Crippen LogP) is 3.71. The van der Waals surface area contributed by atoms with Crippen LogP contribution in [0.4, 0.5) is 0 Å². The predicted molar refractivity (Wildman–Crippen MR) is 69.6 cm³/mol. The van der Waals surface area contributed by atoms with Crippen molar-refractivity contribution < 1.29 is 0 Å². The zero-order chi connectivity index (χ0) is 11.1. The first-order chi connectivity index (χ1) is 7.26. The minimum absolute atomic E-state index is 0.459. The molecule has 15 heavy (non-hydrogen) atoms. The summed E-state index contributed by atoms with van der Waals surface area (Å²) in [5.41, 5.74) is 0.459. The second kappa shape index (κ2) is 6.29. The molecule has 0 aliphatic heterocycles. The molecule has 0 amide bonds. The Morgan fingerprint density at radius 1 is 1.27 bits per heavy atom. The van der Waals surface area contributed by atoms with Crippen LogP contribution in [0.3, 0.4) is 0 Å². The molecule has 1 rings (SSSR count). The maximum absolute atomic E-state index is 3.51. The molecule has 0 fully saturated rings. The third-order valence-corrected chi connectivity index (χ3v) is 4.26. The van der Waals surface area contributed by atoms with Crippen molar-refractivity contribution in [3.63, 3.8) is 0 Å². The fourth-order valence-electron chi connectivity index (χ4n) is 1.99. The van der Waals surface area contributed by atoms with Crippen molar-refractivity contribution in [2.45, 2.75) is 40.0 Å². The Bertz CT molecular complexity index is 250. The molecule has 0 saturated carbocycles. The summed E-state index contributed by atoms with van der Waals surface area (Å²) in [6, 6.07) is 4.42. The Morgan fingerprint density at radius 3 is 2.47 bits per heavy atom. The quantitative estimate of drug-likeness (QED) is 0.746. The van der Waals surface area contributed by atoms with Crippen LogP contribution in [0.1, 0.15) is 38.5 Å². The monoisotopic (exact) mass is 225 g/mol. The number of rotatable bonds is 7. The van der Waals surface area contributed by atoms with E-state index in [1.807, 2.05) is 11.3 Å². The van der Waals surface area contributed by atoms with Crippen molar-refractivity contribution in [2.75, 3.05) is 13.1 Å². The number of thiophene rings is 1. The highest BCUT2D eigenvalue weighted by atomic mass is 32.1. The first-order valence-electron chi connectivity index (χ1n) is 5.99. The van der Waals surface area contributed by atoms with E-state index >= 15 is 0 Å². The first-order valence-corrected chi connectivity index (χ1v) is 6.87. The van der Waals surface area contributed by atoms with Crippen LogP contribution in [0.25, 0.3) is 0 Å². The van der Waals surface area contributed by atoms with E-state index in [0.717, 1.165) is 13.1 Å². The molecule has 0 aliphatic rings. The van der Waals surface area contributed by atoms with Crippen molar-refractivity contribution in [3.05, 3.63) is 22.4 Å². The van der Waals surface area contributed by atoms with Crippen LogP contribution < -0.4 is 5.32 Å². The summed E-state index contributed by atoms with van der Waals surface area (Å²) in [7, 11) is 0. The highest BCUT2D eigenvalue weighted by Crippen LogP contribution is 2.31. The van der Waals surface area contributed by atoms with E-state index in [2.05, 4.69) is 43.6 Å². The molecule has 0 spiro atoms. The fraction of sp³-hybridized carbons (Fsp3) is 0.692. The first kappa shape index (κ1) is 12.7. The molecule has 86 valence electrons. The van der Waals surface area contributed by atoms with Gasteiger partial charge in [-0.05, 0) is 42.7 Å². The van der Waals surface area contributed by atoms with Crippen molar-refractivity contribution >= 4 is 11.3 Å². The van der Waals surface area contributed by atoms with Gasteiger partial charge in [-0.25, -0.2) is 0 Å². The van der Waals surface area contributed by atoms with E-state index < -0.39 is 0 Å². The van der Waals surface area contributed by atoms with Crippen LogP contribution in [0.15, 0.2) is 17.5 Å². The molecule has 0 atom stereocenters. The summed E-state index contributed by atoms with van der Waals surface area (Å²) in [5.74, 6) is 0. The Morgan fingerprint density at radius 2 is 2.00 bits per heavy atom. The molecule has 1 aromatic rings. The van der Waals surface area contributed by atoms with Gasteiger partial charge in [0.15, 0.2) is 0 Å². The summed E-state index contributed by atoms with van der Waals surface area (Å²) in [6.45, 7) is 9.03. The van der Waals surface area contributed by atoms with Crippen LogP contribution >= 0.6 is 11.3 Å². The number of hydrogen-bond donors (Lipinski definition) is 1. The summed E-state index contributed by atoms with van der Waals surface area (Å²) in [5, 5.41) is 5.69.